The number of oxazole rings is 1. The maximum absolute atomic E-state index is 12.6. The zero-order valence-electron chi connectivity index (χ0n) is 15.2. The smallest absolute Gasteiger partial charge is 0.270 e. The van der Waals surface area contributed by atoms with Crippen molar-refractivity contribution in [2.75, 3.05) is 5.32 Å². The van der Waals surface area contributed by atoms with Gasteiger partial charge in [-0.3, -0.25) is 14.9 Å². The van der Waals surface area contributed by atoms with Gasteiger partial charge in [0, 0.05) is 28.3 Å². The van der Waals surface area contributed by atoms with Crippen molar-refractivity contribution < 1.29 is 14.1 Å². The maximum Gasteiger partial charge on any atom is 0.270 e. The minimum atomic E-state index is -0.557. The fraction of sp³-hybridized carbons (Fsp3) is 0.0476. The molecule has 3 aromatic carbocycles. The number of thiol groups is 1. The summed E-state index contributed by atoms with van der Waals surface area (Å²) < 4.78 is 5.80. The normalized spacial score (nSPS) is 10.8. The minimum Gasteiger partial charge on any atom is -0.436 e. The van der Waals surface area contributed by atoms with Crippen LogP contribution in [0.2, 0.25) is 0 Å². The molecule has 29 heavy (non-hydrogen) atoms. The van der Waals surface area contributed by atoms with Crippen LogP contribution in [0.25, 0.3) is 22.6 Å². The maximum atomic E-state index is 12.6. The number of nitro groups is 1. The molecule has 0 atom stereocenters. The van der Waals surface area contributed by atoms with Crippen LogP contribution in [0, 0.1) is 17.0 Å². The number of carbonyl (C=O) groups excluding carboxylic acids is 1. The van der Waals surface area contributed by atoms with Gasteiger partial charge in [-0.05, 0) is 43.3 Å². The number of hydrogen-bond acceptors (Lipinski definition) is 6. The molecule has 8 heteroatoms. The predicted octanol–water partition coefficient (Wildman–Crippen LogP) is 5.25. The van der Waals surface area contributed by atoms with Gasteiger partial charge in [0.1, 0.15) is 5.52 Å². The Morgan fingerprint density at radius 2 is 1.97 bits per heavy atom. The number of aryl methyl sites for hydroxylation is 1. The Morgan fingerprint density at radius 3 is 2.72 bits per heavy atom. The Morgan fingerprint density at radius 1 is 1.14 bits per heavy atom. The van der Waals surface area contributed by atoms with E-state index >= 15 is 0 Å². The molecule has 0 saturated carbocycles. The highest BCUT2D eigenvalue weighted by Gasteiger charge is 2.16. The Bertz CT molecular complexity index is 1270. The van der Waals surface area contributed by atoms with Gasteiger partial charge in [0.2, 0.25) is 5.89 Å². The predicted molar refractivity (Wildman–Crippen MR) is 112 cm³/mol. The average molecular weight is 405 g/mol. The van der Waals surface area contributed by atoms with Gasteiger partial charge in [-0.2, -0.15) is 0 Å². The third-order valence-electron chi connectivity index (χ3n) is 4.35. The summed E-state index contributed by atoms with van der Waals surface area (Å²) in [4.78, 5) is 27.8. The lowest BCUT2D eigenvalue weighted by molar-refractivity contribution is -0.384. The molecule has 0 aliphatic rings. The van der Waals surface area contributed by atoms with Crippen molar-refractivity contribution in [1.29, 1.82) is 0 Å². The average Bonchev–Trinajstić information content (AvgIpc) is 3.11. The zero-order valence-corrected chi connectivity index (χ0v) is 16.1. The highest BCUT2D eigenvalue weighted by molar-refractivity contribution is 7.80. The van der Waals surface area contributed by atoms with E-state index in [9.17, 15) is 14.9 Å². The summed E-state index contributed by atoms with van der Waals surface area (Å²) in [5.74, 6) is -0.0102. The third kappa shape index (κ3) is 3.83. The highest BCUT2D eigenvalue weighted by atomic mass is 32.1. The van der Waals surface area contributed by atoms with Crippen LogP contribution >= 0.6 is 12.6 Å². The Labute approximate surface area is 170 Å². The SMILES string of the molecule is Cc1cccc(-c2nc3cc(NC(=O)c4cc([N+](=O)[O-])ccc4S)ccc3o2)c1. The molecule has 0 saturated heterocycles. The van der Waals surface area contributed by atoms with Gasteiger partial charge in [0.25, 0.3) is 11.6 Å². The standard InChI is InChI=1S/C21H15N3O4S/c1-12-3-2-4-13(9-12)21-23-17-10-14(5-7-18(17)28-21)22-20(25)16-11-15(24(26)27)6-8-19(16)29/h2-11,29H,1H3,(H,22,25). The number of aromatic nitrogens is 1. The lowest BCUT2D eigenvalue weighted by Gasteiger charge is -2.07. The highest BCUT2D eigenvalue weighted by Crippen LogP contribution is 2.27. The molecule has 7 nitrogen and oxygen atoms in total. The number of benzene rings is 3. The lowest BCUT2D eigenvalue weighted by Crippen LogP contribution is -2.13. The summed E-state index contributed by atoms with van der Waals surface area (Å²) in [6.45, 7) is 1.99. The number of fused-ring (bicyclic) bond motifs is 1. The molecular weight excluding hydrogens is 390 g/mol. The number of rotatable bonds is 4. The van der Waals surface area contributed by atoms with Crippen molar-refractivity contribution >= 4 is 41.0 Å². The minimum absolute atomic E-state index is 0.114. The van der Waals surface area contributed by atoms with Crippen LogP contribution in [-0.4, -0.2) is 15.8 Å². The molecule has 1 heterocycles. The fourth-order valence-electron chi connectivity index (χ4n) is 2.92. The van der Waals surface area contributed by atoms with Crippen LogP contribution < -0.4 is 5.32 Å². The Hall–Kier alpha value is -3.65. The summed E-state index contributed by atoms with van der Waals surface area (Å²) in [5, 5.41) is 13.7. The van der Waals surface area contributed by atoms with E-state index in [2.05, 4.69) is 22.9 Å². The van der Waals surface area contributed by atoms with E-state index in [1.807, 2.05) is 31.2 Å². The van der Waals surface area contributed by atoms with Crippen LogP contribution in [-0.2, 0) is 0 Å². The first-order valence-corrected chi connectivity index (χ1v) is 9.12. The molecule has 4 aromatic rings. The Balaban J connectivity index is 1.63. The topological polar surface area (TPSA) is 98.3 Å². The monoisotopic (exact) mass is 405 g/mol. The van der Waals surface area contributed by atoms with Crippen molar-refractivity contribution in [2.45, 2.75) is 11.8 Å². The second-order valence-electron chi connectivity index (χ2n) is 6.48. The van der Waals surface area contributed by atoms with Crippen molar-refractivity contribution in [3.63, 3.8) is 0 Å². The van der Waals surface area contributed by atoms with E-state index in [0.717, 1.165) is 11.1 Å². The molecule has 0 spiro atoms. The molecule has 144 valence electrons. The van der Waals surface area contributed by atoms with E-state index < -0.39 is 10.8 Å². The van der Waals surface area contributed by atoms with Gasteiger partial charge >= 0.3 is 0 Å². The third-order valence-corrected chi connectivity index (χ3v) is 4.74. The first kappa shape index (κ1) is 18.7. The molecule has 0 aliphatic carbocycles. The van der Waals surface area contributed by atoms with Gasteiger partial charge in [-0.25, -0.2) is 4.98 Å². The van der Waals surface area contributed by atoms with E-state index in [4.69, 9.17) is 4.42 Å². The van der Waals surface area contributed by atoms with Gasteiger partial charge in [0.05, 0.1) is 10.5 Å². The van der Waals surface area contributed by atoms with E-state index in [1.165, 1.54) is 18.2 Å². The molecule has 4 rings (SSSR count). The molecule has 1 aromatic heterocycles. The molecule has 1 amide bonds. The summed E-state index contributed by atoms with van der Waals surface area (Å²) in [6, 6.07) is 16.8. The lowest BCUT2D eigenvalue weighted by atomic mass is 10.1. The summed E-state index contributed by atoms with van der Waals surface area (Å²) >= 11 is 4.22. The van der Waals surface area contributed by atoms with Crippen molar-refractivity contribution in [2.24, 2.45) is 0 Å². The second-order valence-corrected chi connectivity index (χ2v) is 6.97. The molecular formula is C21H15N3O4S. The van der Waals surface area contributed by atoms with Crippen molar-refractivity contribution in [3.05, 3.63) is 81.9 Å². The summed E-state index contributed by atoms with van der Waals surface area (Å²) in [7, 11) is 0. The number of amides is 1. The number of non-ortho nitro benzene ring substituents is 1. The molecule has 1 N–H and O–H groups in total. The number of anilines is 1. The van der Waals surface area contributed by atoms with Crippen molar-refractivity contribution in [1.82, 2.24) is 4.98 Å². The van der Waals surface area contributed by atoms with Crippen LogP contribution in [0.5, 0.6) is 0 Å². The van der Waals surface area contributed by atoms with Crippen LogP contribution in [0.4, 0.5) is 11.4 Å². The van der Waals surface area contributed by atoms with Gasteiger partial charge in [-0.15, -0.1) is 12.6 Å². The van der Waals surface area contributed by atoms with Crippen LogP contribution in [0.3, 0.4) is 0 Å². The largest absolute Gasteiger partial charge is 0.436 e. The second kappa shape index (κ2) is 7.40. The van der Waals surface area contributed by atoms with E-state index in [-0.39, 0.29) is 11.3 Å². The fourth-order valence-corrected chi connectivity index (χ4v) is 3.17. The molecule has 0 bridgehead atoms. The number of nitrogens with zero attached hydrogens (tertiary/aromatic N) is 2. The molecule has 0 fully saturated rings. The summed E-state index contributed by atoms with van der Waals surface area (Å²) in [5.41, 5.74) is 3.56. The van der Waals surface area contributed by atoms with Gasteiger partial charge in [-0.1, -0.05) is 17.7 Å². The number of hydrogen-bond donors (Lipinski definition) is 2. The Kier molecular flexibility index (Phi) is 4.77. The van der Waals surface area contributed by atoms with Crippen LogP contribution in [0.1, 0.15) is 15.9 Å². The first-order valence-electron chi connectivity index (χ1n) is 8.67. The van der Waals surface area contributed by atoms with Gasteiger partial charge in [0.15, 0.2) is 5.58 Å². The van der Waals surface area contributed by atoms with E-state index in [0.29, 0.717) is 27.6 Å². The number of nitrogens with one attached hydrogen (secondary N) is 1. The van der Waals surface area contributed by atoms with Crippen LogP contribution in [0.15, 0.2) is 70.0 Å². The van der Waals surface area contributed by atoms with Crippen molar-refractivity contribution in [3.8, 4) is 11.5 Å². The summed E-state index contributed by atoms with van der Waals surface area (Å²) in [6.07, 6.45) is 0. The van der Waals surface area contributed by atoms with Gasteiger partial charge < -0.3 is 9.73 Å². The molecule has 0 radical (unpaired) electrons. The molecule has 0 aliphatic heterocycles. The number of nitro benzene ring substituents is 1. The zero-order chi connectivity index (χ0) is 20.5. The quantitative estimate of drug-likeness (QED) is 0.274. The first-order chi connectivity index (χ1) is 13.9. The number of carbonyl (C=O) groups is 1. The molecule has 0 unspecified atom stereocenters. The van der Waals surface area contributed by atoms with E-state index in [1.54, 1.807) is 18.2 Å².